The number of aryl methyl sites for hydroxylation is 1. The average Bonchev–Trinajstić information content (AvgIpc) is 3.29. The third kappa shape index (κ3) is 2.64. The van der Waals surface area contributed by atoms with Crippen LogP contribution in [-0.2, 0) is 11.2 Å². The van der Waals surface area contributed by atoms with E-state index in [-0.39, 0.29) is 35.8 Å². The van der Waals surface area contributed by atoms with Gasteiger partial charge in [0.25, 0.3) is 5.56 Å². The first-order valence-electron chi connectivity index (χ1n) is 9.22. The molecule has 2 unspecified atom stereocenters. The van der Waals surface area contributed by atoms with Crippen LogP contribution in [0, 0.1) is 5.82 Å². The van der Waals surface area contributed by atoms with Crippen molar-refractivity contribution in [1.82, 2.24) is 19.7 Å². The molecule has 0 fully saturated rings. The van der Waals surface area contributed by atoms with Crippen molar-refractivity contribution >= 4 is 34.4 Å². The van der Waals surface area contributed by atoms with Crippen molar-refractivity contribution < 1.29 is 9.18 Å². The highest BCUT2D eigenvalue weighted by Gasteiger charge is 2.34. The number of hydrogen-bond donors (Lipinski definition) is 1. The standard InChI is InChI=1S/C19H18FN5O2S/c1-10-2-3-11-6-12(20)4-5-15(11)24(10)16(26)7-13-9-28-19-22-17-14(8-21-23-17)18(27)25(13)19/h4-6,8,10,13H,2-3,7,9H2,1H3,(H,21,23). The first-order chi connectivity index (χ1) is 13.5. The number of fused-ring (bicyclic) bond motifs is 3. The zero-order chi connectivity index (χ0) is 19.4. The van der Waals surface area contributed by atoms with Gasteiger partial charge in [0.15, 0.2) is 10.8 Å². The predicted octanol–water partition coefficient (Wildman–Crippen LogP) is 2.66. The van der Waals surface area contributed by atoms with Crippen molar-refractivity contribution in [3.05, 3.63) is 46.1 Å². The van der Waals surface area contributed by atoms with Crippen LogP contribution < -0.4 is 10.5 Å². The summed E-state index contributed by atoms with van der Waals surface area (Å²) in [6.45, 7) is 2.00. The Hall–Kier alpha value is -2.68. The van der Waals surface area contributed by atoms with Crippen molar-refractivity contribution in [2.75, 3.05) is 10.7 Å². The number of aromatic amines is 1. The third-order valence-electron chi connectivity index (χ3n) is 5.50. The lowest BCUT2D eigenvalue weighted by Gasteiger charge is -2.36. The molecule has 0 saturated heterocycles. The second-order valence-electron chi connectivity index (χ2n) is 7.30. The molecule has 0 radical (unpaired) electrons. The summed E-state index contributed by atoms with van der Waals surface area (Å²) in [7, 11) is 0. The number of thioether (sulfide) groups is 1. The van der Waals surface area contributed by atoms with Gasteiger partial charge in [0.2, 0.25) is 5.91 Å². The highest BCUT2D eigenvalue weighted by molar-refractivity contribution is 7.99. The van der Waals surface area contributed by atoms with E-state index in [9.17, 15) is 14.0 Å². The van der Waals surface area contributed by atoms with Gasteiger partial charge in [-0.3, -0.25) is 19.3 Å². The molecule has 1 amide bonds. The van der Waals surface area contributed by atoms with E-state index in [2.05, 4.69) is 15.2 Å². The summed E-state index contributed by atoms with van der Waals surface area (Å²) in [4.78, 5) is 32.3. The van der Waals surface area contributed by atoms with Gasteiger partial charge in [-0.1, -0.05) is 11.8 Å². The largest absolute Gasteiger partial charge is 0.309 e. The van der Waals surface area contributed by atoms with Gasteiger partial charge in [-0.25, -0.2) is 9.37 Å². The minimum Gasteiger partial charge on any atom is -0.309 e. The lowest BCUT2D eigenvalue weighted by atomic mass is 9.95. The van der Waals surface area contributed by atoms with E-state index in [1.807, 2.05) is 6.92 Å². The monoisotopic (exact) mass is 399 g/mol. The van der Waals surface area contributed by atoms with Crippen LogP contribution in [0.1, 0.15) is 31.4 Å². The number of carbonyl (C=O) groups excluding carboxylic acids is 1. The Labute approximate surface area is 163 Å². The normalized spacial score (nSPS) is 21.0. The van der Waals surface area contributed by atoms with Gasteiger partial charge in [0.05, 0.1) is 12.2 Å². The molecule has 0 saturated carbocycles. The van der Waals surface area contributed by atoms with Crippen LogP contribution in [0.25, 0.3) is 11.0 Å². The SMILES string of the molecule is CC1CCc2cc(F)ccc2N1C(=O)CC1CSc2nc3[nH]ncc3c(=O)n21. The fraction of sp³-hybridized carbons (Fsp3) is 0.368. The van der Waals surface area contributed by atoms with Gasteiger partial charge in [0.1, 0.15) is 11.2 Å². The summed E-state index contributed by atoms with van der Waals surface area (Å²) in [5, 5.41) is 7.65. The summed E-state index contributed by atoms with van der Waals surface area (Å²) in [6.07, 6.45) is 3.21. The van der Waals surface area contributed by atoms with E-state index in [1.165, 1.54) is 30.1 Å². The van der Waals surface area contributed by atoms with Crippen LogP contribution in [-0.4, -0.2) is 37.5 Å². The number of nitrogens with one attached hydrogen (secondary N) is 1. The Morgan fingerprint density at radius 3 is 3.14 bits per heavy atom. The summed E-state index contributed by atoms with van der Waals surface area (Å²) in [5.41, 5.74) is 1.92. The third-order valence-corrected chi connectivity index (χ3v) is 6.60. The minimum atomic E-state index is -0.288. The lowest BCUT2D eigenvalue weighted by molar-refractivity contribution is -0.119. The number of anilines is 1. The van der Waals surface area contributed by atoms with Gasteiger partial charge in [-0.05, 0) is 43.5 Å². The molecule has 4 heterocycles. The Kier molecular flexibility index (Phi) is 4.01. The first-order valence-corrected chi connectivity index (χ1v) is 10.2. The van der Waals surface area contributed by atoms with Crippen LogP contribution in [0.4, 0.5) is 10.1 Å². The highest BCUT2D eigenvalue weighted by atomic mass is 32.2. The fourth-order valence-corrected chi connectivity index (χ4v) is 5.24. The molecule has 0 spiro atoms. The Bertz CT molecular complexity index is 1160. The smallest absolute Gasteiger partial charge is 0.265 e. The number of H-pyrrole nitrogens is 1. The number of halogens is 1. The Balaban J connectivity index is 1.47. The van der Waals surface area contributed by atoms with Crippen molar-refractivity contribution in [3.8, 4) is 0 Å². The van der Waals surface area contributed by atoms with Crippen molar-refractivity contribution in [2.45, 2.75) is 43.4 Å². The zero-order valence-corrected chi connectivity index (χ0v) is 16.0. The molecule has 1 aromatic carbocycles. The van der Waals surface area contributed by atoms with E-state index in [1.54, 1.807) is 15.5 Å². The molecule has 0 aliphatic carbocycles. The molecule has 2 aliphatic heterocycles. The number of rotatable bonds is 2. The van der Waals surface area contributed by atoms with Crippen molar-refractivity contribution in [1.29, 1.82) is 0 Å². The van der Waals surface area contributed by atoms with Crippen LogP contribution in [0.15, 0.2) is 34.3 Å². The van der Waals surface area contributed by atoms with Gasteiger partial charge in [-0.2, -0.15) is 5.10 Å². The maximum absolute atomic E-state index is 13.6. The number of nitrogens with zero attached hydrogens (tertiary/aromatic N) is 4. The second kappa shape index (κ2) is 6.44. The highest BCUT2D eigenvalue weighted by Crippen LogP contribution is 2.36. The minimum absolute atomic E-state index is 0.0326. The molecule has 144 valence electrons. The summed E-state index contributed by atoms with van der Waals surface area (Å²) < 4.78 is 15.2. The molecule has 3 aromatic rings. The summed E-state index contributed by atoms with van der Waals surface area (Å²) in [6, 6.07) is 4.35. The van der Waals surface area contributed by atoms with Gasteiger partial charge >= 0.3 is 0 Å². The molecule has 1 N–H and O–H groups in total. The number of carbonyl (C=O) groups is 1. The Morgan fingerprint density at radius 1 is 1.43 bits per heavy atom. The number of benzene rings is 1. The fourth-order valence-electron chi connectivity index (χ4n) is 4.11. The molecule has 9 heteroatoms. The summed E-state index contributed by atoms with van der Waals surface area (Å²) >= 11 is 1.47. The molecule has 2 atom stereocenters. The maximum atomic E-state index is 13.6. The second-order valence-corrected chi connectivity index (χ2v) is 8.28. The van der Waals surface area contributed by atoms with Crippen LogP contribution in [0.2, 0.25) is 0 Å². The molecule has 2 aliphatic rings. The van der Waals surface area contributed by atoms with Crippen molar-refractivity contribution in [2.24, 2.45) is 0 Å². The van der Waals surface area contributed by atoms with Crippen molar-refractivity contribution in [3.63, 3.8) is 0 Å². The Morgan fingerprint density at radius 2 is 2.29 bits per heavy atom. The lowest BCUT2D eigenvalue weighted by Crippen LogP contribution is -2.43. The van der Waals surface area contributed by atoms with E-state index >= 15 is 0 Å². The van der Waals surface area contributed by atoms with E-state index in [0.717, 1.165) is 24.1 Å². The maximum Gasteiger partial charge on any atom is 0.265 e. The van der Waals surface area contributed by atoms with Crippen LogP contribution in [0.3, 0.4) is 0 Å². The van der Waals surface area contributed by atoms with Crippen LogP contribution >= 0.6 is 11.8 Å². The van der Waals surface area contributed by atoms with Crippen LogP contribution in [0.5, 0.6) is 0 Å². The molecule has 2 aromatic heterocycles. The molecular formula is C19H18FN5O2S. The topological polar surface area (TPSA) is 83.9 Å². The van der Waals surface area contributed by atoms with Gasteiger partial charge in [-0.15, -0.1) is 0 Å². The molecule has 28 heavy (non-hydrogen) atoms. The summed E-state index contributed by atoms with van der Waals surface area (Å²) in [5.74, 6) is 0.272. The van der Waals surface area contributed by atoms with E-state index in [4.69, 9.17) is 0 Å². The molecule has 7 nitrogen and oxygen atoms in total. The number of amides is 1. The molecule has 5 rings (SSSR count). The first kappa shape index (κ1) is 17.4. The van der Waals surface area contributed by atoms with E-state index in [0.29, 0.717) is 21.9 Å². The van der Waals surface area contributed by atoms with E-state index < -0.39 is 0 Å². The molecule has 0 bridgehead atoms. The average molecular weight is 399 g/mol. The quantitative estimate of drug-likeness (QED) is 0.670. The molecular weight excluding hydrogens is 381 g/mol. The number of hydrogen-bond acceptors (Lipinski definition) is 5. The number of aromatic nitrogens is 4. The zero-order valence-electron chi connectivity index (χ0n) is 15.2. The predicted molar refractivity (Wildman–Crippen MR) is 104 cm³/mol. The van der Waals surface area contributed by atoms with Gasteiger partial charge < -0.3 is 4.90 Å². The van der Waals surface area contributed by atoms with Gasteiger partial charge in [0, 0.05) is 23.9 Å².